The fourth-order valence-corrected chi connectivity index (χ4v) is 1.89. The molecule has 0 radical (unpaired) electrons. The van der Waals surface area contributed by atoms with Gasteiger partial charge in [0.1, 0.15) is 0 Å². The fraction of sp³-hybridized carbons (Fsp3) is 1.00. The predicted octanol–water partition coefficient (Wildman–Crippen LogP) is 1.54. The smallest absolute Gasteiger partial charge is 0.0524 e. The zero-order chi connectivity index (χ0) is 8.97. The molecule has 0 bridgehead atoms. The molecule has 0 saturated heterocycles. The molecule has 12 heavy (non-hydrogen) atoms. The van der Waals surface area contributed by atoms with Gasteiger partial charge in [-0.05, 0) is 45.1 Å². The number of aliphatic hydroxyl groups is 1. The number of hydrogen-bond acceptors (Lipinski definition) is 2. The molecule has 1 saturated carbocycles. The third kappa shape index (κ3) is 3.55. The molecule has 1 rings (SSSR count). The van der Waals surface area contributed by atoms with Crippen molar-refractivity contribution in [3.8, 4) is 0 Å². The highest BCUT2D eigenvalue weighted by Gasteiger charge is 2.20. The zero-order valence-corrected chi connectivity index (χ0v) is 8.21. The Balaban J connectivity index is 2.00. The second kappa shape index (κ2) is 4.83. The Bertz CT molecular complexity index is 125. The third-order valence-electron chi connectivity index (χ3n) is 2.69. The lowest BCUT2D eigenvalue weighted by Gasteiger charge is -2.12. The van der Waals surface area contributed by atoms with E-state index in [9.17, 15) is 0 Å². The SMILES string of the molecule is C[C@H]1CC[C@H](NCC[C@H](C)O)C1. The monoisotopic (exact) mass is 171 g/mol. The van der Waals surface area contributed by atoms with E-state index in [1.807, 2.05) is 6.92 Å². The molecule has 72 valence electrons. The standard InChI is InChI=1S/C10H21NO/c1-8-3-4-10(7-8)11-6-5-9(2)12/h8-12H,3-7H2,1-2H3/t8-,9-,10-/m0/s1. The maximum absolute atomic E-state index is 9.04. The van der Waals surface area contributed by atoms with Crippen LogP contribution < -0.4 is 5.32 Å². The van der Waals surface area contributed by atoms with E-state index in [0.717, 1.165) is 24.9 Å². The van der Waals surface area contributed by atoms with Gasteiger partial charge in [0.25, 0.3) is 0 Å². The van der Waals surface area contributed by atoms with Crippen LogP contribution in [-0.4, -0.2) is 23.8 Å². The number of aliphatic hydroxyl groups excluding tert-OH is 1. The molecule has 0 spiro atoms. The summed E-state index contributed by atoms with van der Waals surface area (Å²) >= 11 is 0. The summed E-state index contributed by atoms with van der Waals surface area (Å²) in [5, 5.41) is 12.5. The number of hydrogen-bond donors (Lipinski definition) is 2. The van der Waals surface area contributed by atoms with E-state index in [2.05, 4.69) is 12.2 Å². The average molecular weight is 171 g/mol. The number of nitrogens with one attached hydrogen (secondary N) is 1. The van der Waals surface area contributed by atoms with Crippen molar-refractivity contribution in [1.29, 1.82) is 0 Å². The molecular weight excluding hydrogens is 150 g/mol. The minimum atomic E-state index is -0.156. The molecule has 2 heteroatoms. The van der Waals surface area contributed by atoms with Crippen molar-refractivity contribution in [3.63, 3.8) is 0 Å². The van der Waals surface area contributed by atoms with Crippen molar-refractivity contribution in [2.45, 2.75) is 51.7 Å². The Kier molecular flexibility index (Phi) is 4.02. The largest absolute Gasteiger partial charge is 0.393 e. The molecule has 3 atom stereocenters. The third-order valence-corrected chi connectivity index (χ3v) is 2.69. The van der Waals surface area contributed by atoms with Gasteiger partial charge >= 0.3 is 0 Å². The molecule has 1 fully saturated rings. The number of rotatable bonds is 4. The van der Waals surface area contributed by atoms with Gasteiger partial charge in [0.05, 0.1) is 6.10 Å². The van der Waals surface area contributed by atoms with Crippen LogP contribution in [0.2, 0.25) is 0 Å². The molecule has 1 aliphatic carbocycles. The Morgan fingerprint density at radius 3 is 2.75 bits per heavy atom. The second-order valence-electron chi connectivity index (χ2n) is 4.21. The highest BCUT2D eigenvalue weighted by atomic mass is 16.3. The van der Waals surface area contributed by atoms with E-state index in [1.165, 1.54) is 19.3 Å². The molecule has 0 amide bonds. The Morgan fingerprint density at radius 1 is 1.50 bits per heavy atom. The molecule has 2 nitrogen and oxygen atoms in total. The van der Waals surface area contributed by atoms with E-state index in [0.29, 0.717) is 0 Å². The van der Waals surface area contributed by atoms with Crippen molar-refractivity contribution in [1.82, 2.24) is 5.32 Å². The summed E-state index contributed by atoms with van der Waals surface area (Å²) in [5.74, 6) is 0.897. The molecule has 2 N–H and O–H groups in total. The quantitative estimate of drug-likeness (QED) is 0.672. The molecule has 0 aromatic rings. The van der Waals surface area contributed by atoms with Crippen LogP contribution in [0, 0.1) is 5.92 Å². The summed E-state index contributed by atoms with van der Waals surface area (Å²) in [6, 6.07) is 0.721. The van der Waals surface area contributed by atoms with Crippen LogP contribution in [0.1, 0.15) is 39.5 Å². The lowest BCUT2D eigenvalue weighted by molar-refractivity contribution is 0.182. The lowest BCUT2D eigenvalue weighted by Crippen LogP contribution is -2.28. The summed E-state index contributed by atoms with van der Waals surface area (Å²) < 4.78 is 0. The highest BCUT2D eigenvalue weighted by Crippen LogP contribution is 2.24. The molecule has 0 aromatic carbocycles. The van der Waals surface area contributed by atoms with Crippen LogP contribution in [0.15, 0.2) is 0 Å². The van der Waals surface area contributed by atoms with Crippen molar-refractivity contribution >= 4 is 0 Å². The summed E-state index contributed by atoms with van der Waals surface area (Å²) in [7, 11) is 0. The average Bonchev–Trinajstić information content (AvgIpc) is 2.35. The van der Waals surface area contributed by atoms with Gasteiger partial charge in [0, 0.05) is 6.04 Å². The van der Waals surface area contributed by atoms with E-state index in [-0.39, 0.29) is 6.10 Å². The maximum Gasteiger partial charge on any atom is 0.0524 e. The van der Waals surface area contributed by atoms with Gasteiger partial charge in [-0.3, -0.25) is 0 Å². The summed E-state index contributed by atoms with van der Waals surface area (Å²) in [4.78, 5) is 0. The fourth-order valence-electron chi connectivity index (χ4n) is 1.89. The first-order valence-electron chi connectivity index (χ1n) is 5.10. The van der Waals surface area contributed by atoms with Gasteiger partial charge in [0.2, 0.25) is 0 Å². The van der Waals surface area contributed by atoms with Gasteiger partial charge in [-0.2, -0.15) is 0 Å². The second-order valence-corrected chi connectivity index (χ2v) is 4.21. The highest BCUT2D eigenvalue weighted by molar-refractivity contribution is 4.78. The Morgan fingerprint density at radius 2 is 2.25 bits per heavy atom. The lowest BCUT2D eigenvalue weighted by atomic mass is 10.1. The summed E-state index contributed by atoms with van der Waals surface area (Å²) in [6.45, 7) is 5.13. The van der Waals surface area contributed by atoms with Gasteiger partial charge in [-0.15, -0.1) is 0 Å². The van der Waals surface area contributed by atoms with E-state index in [1.54, 1.807) is 0 Å². The molecule has 1 aliphatic rings. The first-order valence-corrected chi connectivity index (χ1v) is 5.10. The predicted molar refractivity (Wildman–Crippen MR) is 51.1 cm³/mol. The van der Waals surface area contributed by atoms with Crippen LogP contribution in [-0.2, 0) is 0 Å². The van der Waals surface area contributed by atoms with E-state index < -0.39 is 0 Å². The minimum absolute atomic E-state index is 0.156. The van der Waals surface area contributed by atoms with Gasteiger partial charge in [-0.1, -0.05) is 6.92 Å². The van der Waals surface area contributed by atoms with Crippen LogP contribution >= 0.6 is 0 Å². The summed E-state index contributed by atoms with van der Waals surface area (Å²) in [5.41, 5.74) is 0. The molecular formula is C10H21NO. The molecule has 0 unspecified atom stereocenters. The molecule has 0 heterocycles. The Labute approximate surface area is 75.4 Å². The molecule has 0 aromatic heterocycles. The first kappa shape index (κ1) is 10.0. The van der Waals surface area contributed by atoms with Crippen LogP contribution in [0.4, 0.5) is 0 Å². The van der Waals surface area contributed by atoms with Crippen LogP contribution in [0.5, 0.6) is 0 Å². The first-order chi connectivity index (χ1) is 5.68. The summed E-state index contributed by atoms with van der Waals surface area (Å²) in [6.07, 6.45) is 4.73. The van der Waals surface area contributed by atoms with Crippen LogP contribution in [0.25, 0.3) is 0 Å². The van der Waals surface area contributed by atoms with Crippen molar-refractivity contribution in [2.24, 2.45) is 5.92 Å². The zero-order valence-electron chi connectivity index (χ0n) is 8.21. The van der Waals surface area contributed by atoms with E-state index in [4.69, 9.17) is 5.11 Å². The maximum atomic E-state index is 9.04. The topological polar surface area (TPSA) is 32.3 Å². The van der Waals surface area contributed by atoms with Crippen molar-refractivity contribution < 1.29 is 5.11 Å². The van der Waals surface area contributed by atoms with Crippen LogP contribution in [0.3, 0.4) is 0 Å². The van der Waals surface area contributed by atoms with Gasteiger partial charge in [-0.25, -0.2) is 0 Å². The van der Waals surface area contributed by atoms with Crippen molar-refractivity contribution in [2.75, 3.05) is 6.54 Å². The van der Waals surface area contributed by atoms with Crippen molar-refractivity contribution in [3.05, 3.63) is 0 Å². The Hall–Kier alpha value is -0.0800. The van der Waals surface area contributed by atoms with Gasteiger partial charge < -0.3 is 10.4 Å². The van der Waals surface area contributed by atoms with Gasteiger partial charge in [0.15, 0.2) is 0 Å². The molecule has 0 aliphatic heterocycles. The minimum Gasteiger partial charge on any atom is -0.393 e. The normalized spacial score (nSPS) is 32.2. The van der Waals surface area contributed by atoms with E-state index >= 15 is 0 Å².